The molecule has 0 spiro atoms. The molecule has 1 unspecified atom stereocenters. The molecule has 1 N–H and O–H groups in total. The van der Waals surface area contributed by atoms with Gasteiger partial charge in [0.15, 0.2) is 0 Å². The molecule has 0 aliphatic rings. The summed E-state index contributed by atoms with van der Waals surface area (Å²) in [5, 5.41) is 9.55. The van der Waals surface area contributed by atoms with Crippen LogP contribution < -0.4 is 0 Å². The van der Waals surface area contributed by atoms with E-state index in [2.05, 4.69) is 50.3 Å². The largest absolute Gasteiger partial charge is 0.457 e. The fraction of sp³-hybridized carbons (Fsp3) is 0.825. The minimum absolute atomic E-state index is 0.174. The van der Waals surface area contributed by atoms with Crippen molar-refractivity contribution in [2.24, 2.45) is 0 Å². The molecule has 4 nitrogen and oxygen atoms in total. The summed E-state index contributed by atoms with van der Waals surface area (Å²) >= 11 is 0. The number of hydrogen-bond donors (Lipinski definition) is 1. The van der Waals surface area contributed by atoms with Gasteiger partial charge in [-0.05, 0) is 51.4 Å². The third-order valence-corrected chi connectivity index (χ3v) is 8.22. The summed E-state index contributed by atoms with van der Waals surface area (Å²) in [5.41, 5.74) is 0. The monoisotopic (exact) mass is 619 g/mol. The molecular formula is C40H74O4. The fourth-order valence-corrected chi connectivity index (χ4v) is 5.33. The molecule has 0 radical (unpaired) electrons. The molecule has 0 aromatic rings. The summed E-state index contributed by atoms with van der Waals surface area (Å²) in [5.74, 6) is -0.205. The van der Waals surface area contributed by atoms with Crippen LogP contribution in [0, 0.1) is 0 Å². The van der Waals surface area contributed by atoms with Crippen LogP contribution in [0.15, 0.2) is 36.5 Å². The second-order valence-electron chi connectivity index (χ2n) is 12.7. The van der Waals surface area contributed by atoms with E-state index >= 15 is 0 Å². The van der Waals surface area contributed by atoms with E-state index in [4.69, 9.17) is 9.47 Å². The van der Waals surface area contributed by atoms with Crippen molar-refractivity contribution < 1.29 is 19.4 Å². The van der Waals surface area contributed by atoms with Crippen molar-refractivity contribution in [3.63, 3.8) is 0 Å². The molecule has 0 heterocycles. The van der Waals surface area contributed by atoms with E-state index in [-0.39, 0.29) is 12.6 Å². The van der Waals surface area contributed by atoms with Crippen LogP contribution in [-0.4, -0.2) is 37.0 Å². The van der Waals surface area contributed by atoms with Crippen LogP contribution in [0.1, 0.15) is 187 Å². The molecule has 0 rings (SSSR count). The number of esters is 1. The standard InChI is InChI=1S/C40H74O4/c1-3-5-7-9-11-13-15-17-18-19-20-21-22-23-24-26-28-30-32-34-36-43-38-39(37-41)44-40(42)35-33-31-29-27-25-16-14-12-10-8-6-4-2/h11,13,17-18,20-21,39,41H,3-10,12,14-16,19,22-38H2,1-2H3/b13-11-,18-17-,21-20-. The Hall–Kier alpha value is -1.39. The highest BCUT2D eigenvalue weighted by molar-refractivity contribution is 5.69. The van der Waals surface area contributed by atoms with Crippen LogP contribution in [0.4, 0.5) is 0 Å². The Balaban J connectivity index is 3.45. The highest BCUT2D eigenvalue weighted by Gasteiger charge is 2.13. The molecule has 0 fully saturated rings. The number of carbonyl (C=O) groups excluding carboxylic acids is 1. The van der Waals surface area contributed by atoms with Crippen molar-refractivity contribution in [1.29, 1.82) is 0 Å². The minimum atomic E-state index is -0.535. The SMILES string of the molecule is CCCCC/C=C\C/C=C\C/C=C\CCCCCCCCCOCC(CO)OC(=O)CCCCCCCCCCCCCC. The fourth-order valence-electron chi connectivity index (χ4n) is 5.33. The van der Waals surface area contributed by atoms with Gasteiger partial charge in [-0.1, -0.05) is 166 Å². The number of unbranched alkanes of at least 4 members (excludes halogenated alkanes) is 21. The molecule has 258 valence electrons. The maximum absolute atomic E-state index is 12.1. The zero-order valence-electron chi connectivity index (χ0n) is 29.4. The second-order valence-corrected chi connectivity index (χ2v) is 12.7. The van der Waals surface area contributed by atoms with Crippen molar-refractivity contribution >= 4 is 5.97 Å². The van der Waals surface area contributed by atoms with Crippen molar-refractivity contribution in [3.8, 4) is 0 Å². The number of carbonyl (C=O) groups is 1. The molecule has 0 saturated carbocycles. The van der Waals surface area contributed by atoms with Gasteiger partial charge in [-0.2, -0.15) is 0 Å². The first-order valence-corrected chi connectivity index (χ1v) is 19.1. The summed E-state index contributed by atoms with van der Waals surface area (Å²) < 4.78 is 11.1. The number of hydrogen-bond acceptors (Lipinski definition) is 4. The molecule has 44 heavy (non-hydrogen) atoms. The number of allylic oxidation sites excluding steroid dienone is 6. The zero-order valence-corrected chi connectivity index (χ0v) is 29.4. The van der Waals surface area contributed by atoms with Gasteiger partial charge in [0, 0.05) is 13.0 Å². The summed E-state index contributed by atoms with van der Waals surface area (Å²) in [6.07, 6.45) is 46.1. The first-order valence-electron chi connectivity index (χ1n) is 19.1. The highest BCUT2D eigenvalue weighted by Crippen LogP contribution is 2.13. The lowest BCUT2D eigenvalue weighted by Crippen LogP contribution is -2.27. The number of aliphatic hydroxyl groups excluding tert-OH is 1. The second kappa shape index (κ2) is 37.8. The van der Waals surface area contributed by atoms with E-state index in [1.807, 2.05) is 0 Å². The van der Waals surface area contributed by atoms with Gasteiger partial charge >= 0.3 is 5.97 Å². The average Bonchev–Trinajstić information content (AvgIpc) is 3.03. The van der Waals surface area contributed by atoms with Gasteiger partial charge in [-0.25, -0.2) is 0 Å². The molecule has 0 saturated heterocycles. The van der Waals surface area contributed by atoms with Crippen molar-refractivity contribution in [2.45, 2.75) is 193 Å². The van der Waals surface area contributed by atoms with Crippen molar-refractivity contribution in [2.75, 3.05) is 19.8 Å². The summed E-state index contributed by atoms with van der Waals surface area (Å²) in [6.45, 7) is 5.30. The van der Waals surface area contributed by atoms with Gasteiger partial charge in [0.2, 0.25) is 0 Å². The normalized spacial score (nSPS) is 12.7. The predicted molar refractivity (Wildman–Crippen MR) is 191 cm³/mol. The maximum atomic E-state index is 12.1. The molecule has 0 amide bonds. The summed E-state index contributed by atoms with van der Waals surface area (Å²) in [4.78, 5) is 12.1. The Labute approximate surface area is 274 Å². The lowest BCUT2D eigenvalue weighted by molar-refractivity contribution is -0.154. The molecule has 1 atom stereocenters. The van der Waals surface area contributed by atoms with E-state index in [1.165, 1.54) is 135 Å². The summed E-state index contributed by atoms with van der Waals surface area (Å²) in [7, 11) is 0. The van der Waals surface area contributed by atoms with Crippen LogP contribution in [0.25, 0.3) is 0 Å². The van der Waals surface area contributed by atoms with E-state index in [0.717, 1.165) is 32.1 Å². The van der Waals surface area contributed by atoms with E-state index in [1.54, 1.807) is 0 Å². The van der Waals surface area contributed by atoms with Crippen LogP contribution in [-0.2, 0) is 14.3 Å². The molecule has 4 heteroatoms. The Morgan fingerprint density at radius 3 is 1.48 bits per heavy atom. The van der Waals surface area contributed by atoms with Gasteiger partial charge in [-0.3, -0.25) is 4.79 Å². The molecule has 0 aromatic heterocycles. The van der Waals surface area contributed by atoms with Crippen LogP contribution in [0.2, 0.25) is 0 Å². The molecule has 0 bridgehead atoms. The van der Waals surface area contributed by atoms with Crippen LogP contribution in [0.5, 0.6) is 0 Å². The smallest absolute Gasteiger partial charge is 0.306 e. The average molecular weight is 619 g/mol. The number of ether oxygens (including phenoxy) is 2. The minimum Gasteiger partial charge on any atom is -0.457 e. The van der Waals surface area contributed by atoms with Gasteiger partial charge in [-0.15, -0.1) is 0 Å². The van der Waals surface area contributed by atoms with Gasteiger partial charge in [0.1, 0.15) is 6.10 Å². The van der Waals surface area contributed by atoms with Crippen LogP contribution >= 0.6 is 0 Å². The zero-order chi connectivity index (χ0) is 32.0. The Bertz CT molecular complexity index is 654. The lowest BCUT2D eigenvalue weighted by Gasteiger charge is -2.16. The molecular weight excluding hydrogens is 544 g/mol. The Morgan fingerprint density at radius 2 is 0.955 bits per heavy atom. The van der Waals surface area contributed by atoms with Crippen molar-refractivity contribution in [1.82, 2.24) is 0 Å². The van der Waals surface area contributed by atoms with Gasteiger partial charge in [0.05, 0.1) is 13.2 Å². The lowest BCUT2D eigenvalue weighted by atomic mass is 10.0. The molecule has 0 aliphatic heterocycles. The predicted octanol–water partition coefficient (Wildman–Crippen LogP) is 12.1. The Morgan fingerprint density at radius 1 is 0.545 bits per heavy atom. The van der Waals surface area contributed by atoms with E-state index in [0.29, 0.717) is 19.6 Å². The number of rotatable bonds is 35. The summed E-state index contributed by atoms with van der Waals surface area (Å²) in [6, 6.07) is 0. The van der Waals surface area contributed by atoms with Gasteiger partial charge < -0.3 is 14.6 Å². The molecule has 0 aromatic carbocycles. The maximum Gasteiger partial charge on any atom is 0.306 e. The quantitative estimate of drug-likeness (QED) is 0.0436. The third kappa shape index (κ3) is 35.1. The van der Waals surface area contributed by atoms with E-state index in [9.17, 15) is 9.90 Å². The van der Waals surface area contributed by atoms with E-state index < -0.39 is 6.10 Å². The highest BCUT2D eigenvalue weighted by atomic mass is 16.6. The van der Waals surface area contributed by atoms with Crippen molar-refractivity contribution in [3.05, 3.63) is 36.5 Å². The first-order chi connectivity index (χ1) is 21.7. The topological polar surface area (TPSA) is 55.8 Å². The Kier molecular flexibility index (Phi) is 36.6. The van der Waals surface area contributed by atoms with Crippen LogP contribution in [0.3, 0.4) is 0 Å². The van der Waals surface area contributed by atoms with Gasteiger partial charge in [0.25, 0.3) is 0 Å². The molecule has 0 aliphatic carbocycles. The number of aliphatic hydroxyl groups is 1. The first kappa shape index (κ1) is 42.6. The third-order valence-electron chi connectivity index (χ3n) is 8.22.